The molecule has 0 aliphatic heterocycles. The highest BCUT2D eigenvalue weighted by Crippen LogP contribution is 2.12. The number of rotatable bonds is 5. The van der Waals surface area contributed by atoms with Gasteiger partial charge in [0.25, 0.3) is 0 Å². The average molecular weight is 231 g/mol. The van der Waals surface area contributed by atoms with Crippen LogP contribution in [0, 0.1) is 13.8 Å². The highest BCUT2D eigenvalue weighted by Gasteiger charge is 2.05. The third-order valence-electron chi connectivity index (χ3n) is 3.03. The van der Waals surface area contributed by atoms with Crippen LogP contribution in [0.15, 0.2) is 29.8 Å². The van der Waals surface area contributed by atoms with Crippen LogP contribution in [-0.2, 0) is 6.42 Å². The Morgan fingerprint density at radius 1 is 1.24 bits per heavy atom. The number of hydrogen-bond acceptors (Lipinski definition) is 1. The third-order valence-corrected chi connectivity index (χ3v) is 3.03. The topological polar surface area (TPSA) is 12.0 Å². The van der Waals surface area contributed by atoms with Gasteiger partial charge in [-0.05, 0) is 57.4 Å². The summed E-state index contributed by atoms with van der Waals surface area (Å²) in [5, 5.41) is 3.52. The van der Waals surface area contributed by atoms with Gasteiger partial charge in [0.1, 0.15) is 0 Å². The molecule has 1 rings (SSSR count). The molecule has 0 aliphatic rings. The zero-order chi connectivity index (χ0) is 12.8. The largest absolute Gasteiger partial charge is 0.310 e. The van der Waals surface area contributed by atoms with Crippen molar-refractivity contribution in [2.45, 2.75) is 47.1 Å². The first-order valence-electron chi connectivity index (χ1n) is 6.47. The maximum Gasteiger partial charge on any atom is 0.0292 e. The van der Waals surface area contributed by atoms with E-state index in [1.807, 2.05) is 0 Å². The lowest BCUT2D eigenvalue weighted by atomic mass is 10.00. The summed E-state index contributed by atoms with van der Waals surface area (Å²) in [7, 11) is 0. The van der Waals surface area contributed by atoms with Crippen molar-refractivity contribution < 1.29 is 0 Å². The minimum atomic E-state index is 0.451. The van der Waals surface area contributed by atoms with Gasteiger partial charge in [-0.2, -0.15) is 0 Å². The molecule has 0 fully saturated rings. The van der Waals surface area contributed by atoms with E-state index in [1.54, 1.807) is 0 Å². The fourth-order valence-electron chi connectivity index (χ4n) is 2.04. The molecule has 0 heterocycles. The smallest absolute Gasteiger partial charge is 0.0292 e. The molecule has 1 aromatic carbocycles. The summed E-state index contributed by atoms with van der Waals surface area (Å²) in [6, 6.07) is 7.22. The summed E-state index contributed by atoms with van der Waals surface area (Å²) in [5.74, 6) is 0. The number of hydrogen-bond donors (Lipinski definition) is 1. The van der Waals surface area contributed by atoms with Crippen LogP contribution in [0.25, 0.3) is 0 Å². The molecule has 0 spiro atoms. The van der Waals surface area contributed by atoms with Gasteiger partial charge in [-0.3, -0.25) is 0 Å². The zero-order valence-corrected chi connectivity index (χ0v) is 11.8. The van der Waals surface area contributed by atoms with Gasteiger partial charge < -0.3 is 5.32 Å². The maximum atomic E-state index is 3.52. The number of allylic oxidation sites excluding steroid dienone is 1. The fourth-order valence-corrected chi connectivity index (χ4v) is 2.04. The molecular weight excluding hydrogens is 206 g/mol. The molecule has 0 aliphatic carbocycles. The van der Waals surface area contributed by atoms with Gasteiger partial charge in [0, 0.05) is 6.04 Å². The molecule has 0 amide bonds. The molecule has 1 atom stereocenters. The Balaban J connectivity index is 2.78. The quantitative estimate of drug-likeness (QED) is 0.760. The lowest BCUT2D eigenvalue weighted by Gasteiger charge is -2.15. The summed E-state index contributed by atoms with van der Waals surface area (Å²) >= 11 is 0. The van der Waals surface area contributed by atoms with E-state index < -0.39 is 0 Å². The van der Waals surface area contributed by atoms with E-state index in [2.05, 4.69) is 64.2 Å². The zero-order valence-electron chi connectivity index (χ0n) is 11.8. The number of nitrogens with one attached hydrogen (secondary N) is 1. The van der Waals surface area contributed by atoms with Crippen molar-refractivity contribution >= 4 is 0 Å². The van der Waals surface area contributed by atoms with Crippen molar-refractivity contribution in [1.82, 2.24) is 5.32 Å². The average Bonchev–Trinajstić information content (AvgIpc) is 2.23. The number of aryl methyl sites for hydroxylation is 2. The molecule has 1 aromatic rings. The molecule has 1 nitrogen and oxygen atoms in total. The highest BCUT2D eigenvalue weighted by molar-refractivity contribution is 5.30. The SMILES string of the molecule is CCNC(C=C(C)C)Cc1ccc(C)c(C)c1. The van der Waals surface area contributed by atoms with Crippen molar-refractivity contribution in [1.29, 1.82) is 0 Å². The Hall–Kier alpha value is -1.08. The van der Waals surface area contributed by atoms with Crippen molar-refractivity contribution in [3.8, 4) is 0 Å². The normalized spacial score (nSPS) is 12.3. The molecule has 1 heteroatoms. The molecule has 0 bridgehead atoms. The summed E-state index contributed by atoms with van der Waals surface area (Å²) in [6.45, 7) is 11.8. The van der Waals surface area contributed by atoms with Crippen LogP contribution < -0.4 is 5.32 Å². The summed E-state index contributed by atoms with van der Waals surface area (Å²) < 4.78 is 0. The van der Waals surface area contributed by atoms with Gasteiger partial charge in [0.05, 0.1) is 0 Å². The molecule has 17 heavy (non-hydrogen) atoms. The molecule has 0 saturated carbocycles. The molecule has 1 unspecified atom stereocenters. The Morgan fingerprint density at radius 2 is 1.94 bits per heavy atom. The van der Waals surface area contributed by atoms with Crippen molar-refractivity contribution in [3.63, 3.8) is 0 Å². The monoisotopic (exact) mass is 231 g/mol. The Labute approximate surface area is 106 Å². The first-order valence-corrected chi connectivity index (χ1v) is 6.47. The first-order chi connectivity index (χ1) is 8.02. The Morgan fingerprint density at radius 3 is 2.47 bits per heavy atom. The minimum Gasteiger partial charge on any atom is -0.310 e. The van der Waals surface area contributed by atoms with Crippen LogP contribution >= 0.6 is 0 Å². The number of likely N-dealkylation sites (N-methyl/N-ethyl adjacent to an activating group) is 1. The van der Waals surface area contributed by atoms with Gasteiger partial charge in [-0.1, -0.05) is 36.8 Å². The lowest BCUT2D eigenvalue weighted by molar-refractivity contribution is 0.609. The van der Waals surface area contributed by atoms with Crippen LogP contribution in [-0.4, -0.2) is 12.6 Å². The molecule has 0 radical (unpaired) electrons. The van der Waals surface area contributed by atoms with Crippen LogP contribution in [0.3, 0.4) is 0 Å². The van der Waals surface area contributed by atoms with E-state index in [1.165, 1.54) is 22.3 Å². The standard InChI is InChI=1S/C16H25N/c1-6-17-16(9-12(2)3)11-15-8-7-13(4)14(5)10-15/h7-10,16-17H,6,11H2,1-5H3. The molecule has 94 valence electrons. The van der Waals surface area contributed by atoms with Crippen LogP contribution in [0.2, 0.25) is 0 Å². The van der Waals surface area contributed by atoms with E-state index in [4.69, 9.17) is 0 Å². The van der Waals surface area contributed by atoms with E-state index in [9.17, 15) is 0 Å². The van der Waals surface area contributed by atoms with E-state index in [0.717, 1.165) is 13.0 Å². The van der Waals surface area contributed by atoms with Crippen molar-refractivity contribution in [2.75, 3.05) is 6.54 Å². The minimum absolute atomic E-state index is 0.451. The molecule has 1 N–H and O–H groups in total. The third kappa shape index (κ3) is 4.74. The van der Waals surface area contributed by atoms with Gasteiger partial charge in [-0.15, -0.1) is 0 Å². The predicted molar refractivity (Wildman–Crippen MR) is 76.5 cm³/mol. The fraction of sp³-hybridized carbons (Fsp3) is 0.500. The summed E-state index contributed by atoms with van der Waals surface area (Å²) in [5.41, 5.74) is 5.54. The second-order valence-electron chi connectivity index (χ2n) is 5.03. The Kier molecular flexibility index (Phi) is 5.43. The van der Waals surface area contributed by atoms with E-state index in [0.29, 0.717) is 6.04 Å². The molecular formula is C16H25N. The second-order valence-corrected chi connectivity index (χ2v) is 5.03. The number of benzene rings is 1. The Bertz CT molecular complexity index is 387. The molecule has 0 saturated heterocycles. The van der Waals surface area contributed by atoms with Crippen LogP contribution in [0.4, 0.5) is 0 Å². The van der Waals surface area contributed by atoms with Gasteiger partial charge in [0.2, 0.25) is 0 Å². The summed E-state index contributed by atoms with van der Waals surface area (Å²) in [4.78, 5) is 0. The highest BCUT2D eigenvalue weighted by atomic mass is 14.9. The molecule has 0 aromatic heterocycles. The summed E-state index contributed by atoms with van der Waals surface area (Å²) in [6.07, 6.45) is 3.39. The maximum absolute atomic E-state index is 3.52. The lowest BCUT2D eigenvalue weighted by Crippen LogP contribution is -2.29. The van der Waals surface area contributed by atoms with E-state index >= 15 is 0 Å². The predicted octanol–water partition coefficient (Wildman–Crippen LogP) is 3.79. The van der Waals surface area contributed by atoms with Crippen LogP contribution in [0.1, 0.15) is 37.5 Å². The first kappa shape index (κ1) is 14.0. The van der Waals surface area contributed by atoms with Crippen LogP contribution in [0.5, 0.6) is 0 Å². The van der Waals surface area contributed by atoms with E-state index in [-0.39, 0.29) is 0 Å². The van der Waals surface area contributed by atoms with Gasteiger partial charge in [-0.25, -0.2) is 0 Å². The van der Waals surface area contributed by atoms with Crippen molar-refractivity contribution in [3.05, 3.63) is 46.5 Å². The van der Waals surface area contributed by atoms with Gasteiger partial charge in [0.15, 0.2) is 0 Å². The van der Waals surface area contributed by atoms with Gasteiger partial charge >= 0.3 is 0 Å². The second kappa shape index (κ2) is 6.61. The van der Waals surface area contributed by atoms with Crippen molar-refractivity contribution in [2.24, 2.45) is 0 Å².